The van der Waals surface area contributed by atoms with Crippen molar-refractivity contribution in [3.8, 4) is 28.6 Å². The average Bonchev–Trinajstić information content (AvgIpc) is 3.64. The Bertz CT molecular complexity index is 1090. The summed E-state index contributed by atoms with van der Waals surface area (Å²) in [4.78, 5) is 2.33. The highest BCUT2D eigenvalue weighted by Crippen LogP contribution is 2.37. The van der Waals surface area contributed by atoms with E-state index in [9.17, 15) is 5.11 Å². The molecule has 1 aromatic heterocycles. The topological polar surface area (TPSA) is 69.0 Å². The van der Waals surface area contributed by atoms with Gasteiger partial charge in [0, 0.05) is 31.7 Å². The molecule has 1 unspecified atom stereocenters. The van der Waals surface area contributed by atoms with Crippen LogP contribution in [0.3, 0.4) is 0 Å². The van der Waals surface area contributed by atoms with Gasteiger partial charge in [-0.05, 0) is 57.9 Å². The van der Waals surface area contributed by atoms with Crippen LogP contribution in [0.1, 0.15) is 39.2 Å². The third kappa shape index (κ3) is 6.84. The van der Waals surface area contributed by atoms with E-state index >= 15 is 0 Å². The van der Waals surface area contributed by atoms with Gasteiger partial charge in [0.25, 0.3) is 0 Å². The summed E-state index contributed by atoms with van der Waals surface area (Å²) < 4.78 is 19.3. The first kappa shape index (κ1) is 25.2. The van der Waals surface area contributed by atoms with Gasteiger partial charge in [0.05, 0.1) is 31.0 Å². The molecule has 1 heterocycles. The predicted molar refractivity (Wildman–Crippen MR) is 137 cm³/mol. The molecule has 4 rings (SSSR count). The average molecular weight is 480 g/mol. The molecule has 3 aromatic rings. The first-order valence-electron chi connectivity index (χ1n) is 12.2. The second kappa shape index (κ2) is 10.8. The lowest BCUT2D eigenvalue weighted by molar-refractivity contribution is -0.0572. The first-order chi connectivity index (χ1) is 16.7. The van der Waals surface area contributed by atoms with E-state index in [1.807, 2.05) is 70.3 Å². The molecule has 0 spiro atoms. The van der Waals surface area contributed by atoms with Crippen molar-refractivity contribution >= 4 is 0 Å². The number of aliphatic hydroxyl groups excluding tert-OH is 1. The van der Waals surface area contributed by atoms with Gasteiger partial charge in [0.2, 0.25) is 5.88 Å². The molecule has 0 saturated heterocycles. The number of aryl methyl sites for hydroxylation is 1. The second-order valence-corrected chi connectivity index (χ2v) is 10.1. The minimum Gasteiger partial charge on any atom is -0.497 e. The van der Waals surface area contributed by atoms with Crippen LogP contribution in [-0.4, -0.2) is 57.8 Å². The molecular formula is C28H37N3O4. The summed E-state index contributed by atoms with van der Waals surface area (Å²) >= 11 is 0. The van der Waals surface area contributed by atoms with E-state index in [0.29, 0.717) is 37.4 Å². The summed E-state index contributed by atoms with van der Waals surface area (Å²) in [5.74, 6) is 2.19. The monoisotopic (exact) mass is 479 g/mol. The van der Waals surface area contributed by atoms with Gasteiger partial charge in [0.1, 0.15) is 17.2 Å². The highest BCUT2D eigenvalue weighted by molar-refractivity contribution is 5.65. The van der Waals surface area contributed by atoms with E-state index < -0.39 is 6.10 Å². The van der Waals surface area contributed by atoms with Crippen LogP contribution < -0.4 is 9.47 Å². The fourth-order valence-electron chi connectivity index (χ4n) is 4.06. The van der Waals surface area contributed by atoms with Crippen molar-refractivity contribution in [3.05, 3.63) is 60.2 Å². The van der Waals surface area contributed by atoms with Gasteiger partial charge in [-0.15, -0.1) is 0 Å². The van der Waals surface area contributed by atoms with Crippen LogP contribution >= 0.6 is 0 Å². The molecule has 0 amide bonds. The van der Waals surface area contributed by atoms with Crippen LogP contribution in [0.25, 0.3) is 11.3 Å². The van der Waals surface area contributed by atoms with Gasteiger partial charge >= 0.3 is 0 Å². The zero-order valence-corrected chi connectivity index (χ0v) is 21.4. The maximum Gasteiger partial charge on any atom is 0.222 e. The molecular weight excluding hydrogens is 442 g/mol. The van der Waals surface area contributed by atoms with E-state index in [1.165, 1.54) is 0 Å². The van der Waals surface area contributed by atoms with Crippen molar-refractivity contribution in [2.45, 2.75) is 57.9 Å². The molecule has 1 fully saturated rings. The lowest BCUT2D eigenvalue weighted by atomic mass is 10.1. The molecule has 0 radical (unpaired) electrons. The smallest absolute Gasteiger partial charge is 0.222 e. The SMILES string of the molecule is COc1ccc(Oc2c(CN(CC(O)COC(C)(C)C)C3CC3)c(-c3ccccc3)nn2C)cc1. The highest BCUT2D eigenvalue weighted by Gasteiger charge is 2.33. The van der Waals surface area contributed by atoms with Crippen LogP contribution in [0.5, 0.6) is 17.4 Å². The number of aliphatic hydroxyl groups is 1. The molecule has 35 heavy (non-hydrogen) atoms. The van der Waals surface area contributed by atoms with Crippen LogP contribution in [0.2, 0.25) is 0 Å². The molecule has 1 saturated carbocycles. The quantitative estimate of drug-likeness (QED) is 0.416. The van der Waals surface area contributed by atoms with Crippen LogP contribution in [0, 0.1) is 0 Å². The van der Waals surface area contributed by atoms with E-state index in [0.717, 1.165) is 35.4 Å². The highest BCUT2D eigenvalue weighted by atomic mass is 16.5. The van der Waals surface area contributed by atoms with Crippen LogP contribution in [0.15, 0.2) is 54.6 Å². The maximum absolute atomic E-state index is 10.8. The molecule has 1 aliphatic carbocycles. The summed E-state index contributed by atoms with van der Waals surface area (Å²) in [5.41, 5.74) is 2.65. The number of methoxy groups -OCH3 is 1. The Balaban J connectivity index is 1.62. The lowest BCUT2D eigenvalue weighted by Gasteiger charge is -2.27. The normalized spacial score (nSPS) is 14.8. The Hall–Kier alpha value is -2.87. The van der Waals surface area contributed by atoms with E-state index in [1.54, 1.807) is 11.8 Å². The minimum absolute atomic E-state index is 0.283. The first-order valence-corrected chi connectivity index (χ1v) is 12.2. The third-order valence-electron chi connectivity index (χ3n) is 5.99. The van der Waals surface area contributed by atoms with Crippen molar-refractivity contribution in [1.29, 1.82) is 0 Å². The van der Waals surface area contributed by atoms with E-state index in [4.69, 9.17) is 19.3 Å². The molecule has 7 heteroatoms. The Labute approximate surface area is 208 Å². The van der Waals surface area contributed by atoms with Gasteiger partial charge in [-0.25, -0.2) is 4.68 Å². The molecule has 2 aromatic carbocycles. The molecule has 7 nitrogen and oxygen atoms in total. The minimum atomic E-state index is -0.572. The number of hydrogen-bond donors (Lipinski definition) is 1. The van der Waals surface area contributed by atoms with Crippen molar-refractivity contribution in [2.24, 2.45) is 7.05 Å². The number of benzene rings is 2. The van der Waals surface area contributed by atoms with Crippen LogP contribution in [-0.2, 0) is 18.3 Å². The number of hydrogen-bond acceptors (Lipinski definition) is 6. The Kier molecular flexibility index (Phi) is 7.79. The van der Waals surface area contributed by atoms with Crippen molar-refractivity contribution in [2.75, 3.05) is 20.3 Å². The molecule has 1 aliphatic rings. The summed E-state index contributed by atoms with van der Waals surface area (Å²) in [7, 11) is 3.55. The van der Waals surface area contributed by atoms with E-state index in [-0.39, 0.29) is 5.60 Å². The number of nitrogens with zero attached hydrogens (tertiary/aromatic N) is 3. The standard InChI is InChI=1S/C28H37N3O4/c1-28(2,3)34-19-22(32)17-31(21-11-12-21)18-25-26(20-9-7-6-8-10-20)29-30(4)27(25)35-24-15-13-23(33-5)14-16-24/h6-10,13-16,21-22,32H,11-12,17-19H2,1-5H3. The molecule has 0 bridgehead atoms. The predicted octanol–water partition coefficient (Wildman–Crippen LogP) is 5.03. The zero-order chi connectivity index (χ0) is 25.0. The van der Waals surface area contributed by atoms with E-state index in [2.05, 4.69) is 17.0 Å². The fraction of sp³-hybridized carbons (Fsp3) is 0.464. The van der Waals surface area contributed by atoms with Crippen molar-refractivity contribution < 1.29 is 19.3 Å². The van der Waals surface area contributed by atoms with Gasteiger partial charge in [-0.3, -0.25) is 4.90 Å². The Morgan fingerprint density at radius 2 is 1.71 bits per heavy atom. The number of aromatic nitrogens is 2. The summed E-state index contributed by atoms with van der Waals surface area (Å²) in [5, 5.41) is 15.6. The Morgan fingerprint density at radius 1 is 1.06 bits per heavy atom. The van der Waals surface area contributed by atoms with Crippen molar-refractivity contribution in [1.82, 2.24) is 14.7 Å². The summed E-state index contributed by atoms with van der Waals surface area (Å²) in [6.07, 6.45) is 1.68. The van der Waals surface area contributed by atoms with Crippen LogP contribution in [0.4, 0.5) is 0 Å². The molecule has 188 valence electrons. The van der Waals surface area contributed by atoms with Gasteiger partial charge in [-0.2, -0.15) is 5.10 Å². The maximum atomic E-state index is 10.8. The number of ether oxygens (including phenoxy) is 3. The number of rotatable bonds is 11. The van der Waals surface area contributed by atoms with Gasteiger partial charge in [0.15, 0.2) is 0 Å². The fourth-order valence-corrected chi connectivity index (χ4v) is 4.06. The molecule has 0 aliphatic heterocycles. The Morgan fingerprint density at radius 3 is 2.31 bits per heavy atom. The second-order valence-electron chi connectivity index (χ2n) is 10.1. The third-order valence-corrected chi connectivity index (χ3v) is 5.99. The summed E-state index contributed by atoms with van der Waals surface area (Å²) in [6.45, 7) is 7.47. The summed E-state index contributed by atoms with van der Waals surface area (Å²) in [6, 6.07) is 18.2. The molecule has 1 N–H and O–H groups in total. The van der Waals surface area contributed by atoms with Crippen molar-refractivity contribution in [3.63, 3.8) is 0 Å². The largest absolute Gasteiger partial charge is 0.497 e. The van der Waals surface area contributed by atoms with Gasteiger partial charge in [-0.1, -0.05) is 30.3 Å². The van der Waals surface area contributed by atoms with Gasteiger partial charge < -0.3 is 19.3 Å². The molecule has 1 atom stereocenters. The zero-order valence-electron chi connectivity index (χ0n) is 21.4. The lowest BCUT2D eigenvalue weighted by Crippen LogP contribution is -2.37.